The van der Waals surface area contributed by atoms with E-state index < -0.39 is 0 Å². The molecule has 1 aliphatic rings. The maximum absolute atomic E-state index is 3.93. The molecule has 0 unspecified atom stereocenters. The van der Waals surface area contributed by atoms with Crippen LogP contribution in [0.3, 0.4) is 0 Å². The van der Waals surface area contributed by atoms with Crippen LogP contribution in [0.5, 0.6) is 0 Å². The summed E-state index contributed by atoms with van der Waals surface area (Å²) in [4.78, 5) is 0. The molecule has 1 nitrogen and oxygen atoms in total. The minimum Gasteiger partial charge on any atom is -0.325 e. The number of hydrogen-bond donors (Lipinski definition) is 0. The molecular formula is C7H14N+. The molecule has 1 aliphatic heterocycles. The fourth-order valence-electron chi connectivity index (χ4n) is 1.22. The summed E-state index contributed by atoms with van der Waals surface area (Å²) in [5.74, 6) is 0. The first-order chi connectivity index (χ1) is 3.60. The second kappa shape index (κ2) is 1.59. The SMILES string of the molecule is C=C1CC[N+](C)(C)C1. The van der Waals surface area contributed by atoms with Crippen molar-refractivity contribution >= 4 is 0 Å². The lowest BCUT2D eigenvalue weighted by Gasteiger charge is -2.21. The van der Waals surface area contributed by atoms with Gasteiger partial charge in [-0.15, -0.1) is 0 Å². The second-order valence-electron chi connectivity index (χ2n) is 3.32. The van der Waals surface area contributed by atoms with Crippen LogP contribution >= 0.6 is 0 Å². The smallest absolute Gasteiger partial charge is 0.0998 e. The van der Waals surface area contributed by atoms with Crippen LogP contribution in [0.1, 0.15) is 6.42 Å². The zero-order valence-electron chi connectivity index (χ0n) is 5.78. The number of rotatable bonds is 0. The first kappa shape index (κ1) is 5.83. The second-order valence-corrected chi connectivity index (χ2v) is 3.32. The van der Waals surface area contributed by atoms with Gasteiger partial charge in [0.05, 0.1) is 27.2 Å². The third-order valence-corrected chi connectivity index (χ3v) is 1.72. The van der Waals surface area contributed by atoms with Gasteiger partial charge < -0.3 is 4.48 Å². The summed E-state index contributed by atoms with van der Waals surface area (Å²) in [7, 11) is 4.50. The van der Waals surface area contributed by atoms with Crippen molar-refractivity contribution in [1.82, 2.24) is 0 Å². The molecule has 1 fully saturated rings. The van der Waals surface area contributed by atoms with E-state index in [1.165, 1.54) is 25.1 Å². The maximum Gasteiger partial charge on any atom is 0.0998 e. The number of nitrogens with zero attached hydrogens (tertiary/aromatic N) is 1. The van der Waals surface area contributed by atoms with Crippen LogP contribution in [-0.4, -0.2) is 31.7 Å². The summed E-state index contributed by atoms with van der Waals surface area (Å²) in [6.07, 6.45) is 1.23. The predicted molar refractivity (Wildman–Crippen MR) is 35.6 cm³/mol. The zero-order valence-corrected chi connectivity index (χ0v) is 5.78. The summed E-state index contributed by atoms with van der Waals surface area (Å²) >= 11 is 0. The van der Waals surface area contributed by atoms with E-state index in [1.54, 1.807) is 0 Å². The predicted octanol–water partition coefficient (Wildman–Crippen LogP) is 1.02. The highest BCUT2D eigenvalue weighted by Crippen LogP contribution is 2.16. The van der Waals surface area contributed by atoms with Crippen LogP contribution in [0.2, 0.25) is 0 Å². The highest BCUT2D eigenvalue weighted by molar-refractivity contribution is 4.97. The lowest BCUT2D eigenvalue weighted by atomic mass is 10.3. The van der Waals surface area contributed by atoms with E-state index in [2.05, 4.69) is 20.7 Å². The molecule has 0 aromatic carbocycles. The summed E-state index contributed by atoms with van der Waals surface area (Å²) in [6, 6.07) is 0. The van der Waals surface area contributed by atoms with E-state index in [0.717, 1.165) is 4.48 Å². The van der Waals surface area contributed by atoms with Crippen molar-refractivity contribution in [3.63, 3.8) is 0 Å². The van der Waals surface area contributed by atoms with Gasteiger partial charge in [0.25, 0.3) is 0 Å². The van der Waals surface area contributed by atoms with Crippen LogP contribution in [0.4, 0.5) is 0 Å². The van der Waals surface area contributed by atoms with E-state index in [-0.39, 0.29) is 0 Å². The van der Waals surface area contributed by atoms with Crippen molar-refractivity contribution in [2.75, 3.05) is 27.2 Å². The Labute approximate surface area is 51.2 Å². The quantitative estimate of drug-likeness (QED) is 0.324. The van der Waals surface area contributed by atoms with Crippen molar-refractivity contribution in [2.24, 2.45) is 0 Å². The standard InChI is InChI=1S/C7H14N/c1-7-4-5-8(2,3)6-7/h1,4-6H2,2-3H3/q+1. The molecule has 1 saturated heterocycles. The first-order valence-electron chi connectivity index (χ1n) is 3.09. The molecule has 0 saturated carbocycles. The number of hydrogen-bond acceptors (Lipinski definition) is 0. The van der Waals surface area contributed by atoms with E-state index in [4.69, 9.17) is 0 Å². The molecule has 0 amide bonds. The van der Waals surface area contributed by atoms with Crippen LogP contribution in [0.25, 0.3) is 0 Å². The van der Waals surface area contributed by atoms with Gasteiger partial charge in [0.15, 0.2) is 0 Å². The molecule has 1 heteroatoms. The van der Waals surface area contributed by atoms with Gasteiger partial charge in [-0.25, -0.2) is 0 Å². The van der Waals surface area contributed by atoms with Gasteiger partial charge in [0.1, 0.15) is 0 Å². The first-order valence-corrected chi connectivity index (χ1v) is 3.09. The molecule has 1 heterocycles. The Kier molecular flexibility index (Phi) is 1.16. The fourth-order valence-corrected chi connectivity index (χ4v) is 1.22. The fraction of sp³-hybridized carbons (Fsp3) is 0.714. The molecular weight excluding hydrogens is 98.1 g/mol. The molecule has 0 radical (unpaired) electrons. The third-order valence-electron chi connectivity index (χ3n) is 1.72. The molecule has 0 N–H and O–H groups in total. The van der Waals surface area contributed by atoms with Gasteiger partial charge in [0, 0.05) is 6.42 Å². The summed E-state index contributed by atoms with van der Waals surface area (Å²) in [5, 5.41) is 0. The minimum absolute atomic E-state index is 1.14. The molecule has 46 valence electrons. The van der Waals surface area contributed by atoms with E-state index in [1.807, 2.05) is 0 Å². The van der Waals surface area contributed by atoms with Crippen LogP contribution in [0, 0.1) is 0 Å². The zero-order chi connectivity index (χ0) is 6.20. The van der Waals surface area contributed by atoms with E-state index >= 15 is 0 Å². The molecule has 0 aromatic heterocycles. The van der Waals surface area contributed by atoms with E-state index in [9.17, 15) is 0 Å². The summed E-state index contributed by atoms with van der Waals surface area (Å²) in [5.41, 5.74) is 1.41. The van der Waals surface area contributed by atoms with E-state index in [0.29, 0.717) is 0 Å². The lowest BCUT2D eigenvalue weighted by molar-refractivity contribution is -0.875. The van der Waals surface area contributed by atoms with Gasteiger partial charge in [-0.1, -0.05) is 6.58 Å². The number of quaternary nitrogens is 1. The Hall–Kier alpha value is -0.300. The molecule has 1 rings (SSSR count). The normalized spacial score (nSPS) is 26.5. The Morgan fingerprint density at radius 1 is 1.50 bits per heavy atom. The average Bonchev–Trinajstić information content (AvgIpc) is 1.82. The monoisotopic (exact) mass is 112 g/mol. The van der Waals surface area contributed by atoms with Crippen LogP contribution in [-0.2, 0) is 0 Å². The van der Waals surface area contributed by atoms with Gasteiger partial charge >= 0.3 is 0 Å². The molecule has 0 bridgehead atoms. The highest BCUT2D eigenvalue weighted by Gasteiger charge is 2.23. The average molecular weight is 112 g/mol. The van der Waals surface area contributed by atoms with Crippen molar-refractivity contribution in [2.45, 2.75) is 6.42 Å². The van der Waals surface area contributed by atoms with Gasteiger partial charge in [0.2, 0.25) is 0 Å². The van der Waals surface area contributed by atoms with Crippen molar-refractivity contribution in [1.29, 1.82) is 0 Å². The van der Waals surface area contributed by atoms with Gasteiger partial charge in [-0.05, 0) is 5.57 Å². The Morgan fingerprint density at radius 3 is 2.25 bits per heavy atom. The van der Waals surface area contributed by atoms with Gasteiger partial charge in [-0.2, -0.15) is 0 Å². The van der Waals surface area contributed by atoms with Gasteiger partial charge in [-0.3, -0.25) is 0 Å². The van der Waals surface area contributed by atoms with Crippen molar-refractivity contribution in [3.05, 3.63) is 12.2 Å². The van der Waals surface area contributed by atoms with Crippen LogP contribution in [0.15, 0.2) is 12.2 Å². The molecule has 0 spiro atoms. The lowest BCUT2D eigenvalue weighted by Crippen LogP contribution is -2.35. The topological polar surface area (TPSA) is 0 Å². The molecule has 0 aliphatic carbocycles. The molecule has 0 atom stereocenters. The largest absolute Gasteiger partial charge is 0.325 e. The Balaban J connectivity index is 2.56. The summed E-state index contributed by atoms with van der Waals surface area (Å²) < 4.78 is 1.14. The summed E-state index contributed by atoms with van der Waals surface area (Å²) in [6.45, 7) is 6.39. The maximum atomic E-state index is 3.93. The van der Waals surface area contributed by atoms with Crippen molar-refractivity contribution in [3.8, 4) is 0 Å². The number of likely N-dealkylation sites (tertiary alicyclic amines) is 1. The van der Waals surface area contributed by atoms with Crippen LogP contribution < -0.4 is 0 Å². The molecule has 8 heavy (non-hydrogen) atoms. The molecule has 0 aromatic rings. The minimum atomic E-state index is 1.14. The Morgan fingerprint density at radius 2 is 2.12 bits per heavy atom. The van der Waals surface area contributed by atoms with Crippen molar-refractivity contribution < 1.29 is 4.48 Å². The Bertz CT molecular complexity index is 114. The highest BCUT2D eigenvalue weighted by atomic mass is 15.3. The number of likely N-dealkylation sites (N-methyl/N-ethyl adjacent to an activating group) is 1. The third kappa shape index (κ3) is 1.10.